The van der Waals surface area contributed by atoms with Gasteiger partial charge in [0.15, 0.2) is 0 Å². The quantitative estimate of drug-likeness (QED) is 0.681. The number of carbonyl (C=O) groups excluding carboxylic acids is 1. The highest BCUT2D eigenvalue weighted by atomic mass is 16.5. The molecular formula is C14H24O2. The highest BCUT2D eigenvalue weighted by molar-refractivity contribution is 5.77. The highest BCUT2D eigenvalue weighted by Gasteiger charge is 2.47. The van der Waals surface area contributed by atoms with Crippen LogP contribution in [0.5, 0.6) is 0 Å². The Bertz CT molecular complexity index is 238. The Hall–Kier alpha value is -0.530. The van der Waals surface area contributed by atoms with Crippen molar-refractivity contribution >= 4 is 5.97 Å². The zero-order chi connectivity index (χ0) is 11.6. The second kappa shape index (κ2) is 4.77. The monoisotopic (exact) mass is 224 g/mol. The summed E-state index contributed by atoms with van der Waals surface area (Å²) in [5.41, 5.74) is -0.0866. The van der Waals surface area contributed by atoms with Gasteiger partial charge >= 0.3 is 5.97 Å². The zero-order valence-electron chi connectivity index (χ0n) is 10.6. The largest absolute Gasteiger partial charge is 0.462 e. The average Bonchev–Trinajstić information content (AvgIpc) is 2.31. The molecule has 2 heteroatoms. The van der Waals surface area contributed by atoms with Gasteiger partial charge in [0, 0.05) is 0 Å². The summed E-state index contributed by atoms with van der Waals surface area (Å²) in [6.45, 7) is 4.15. The van der Waals surface area contributed by atoms with Crippen LogP contribution in [0.1, 0.15) is 65.2 Å². The lowest BCUT2D eigenvalue weighted by Gasteiger charge is -2.44. The van der Waals surface area contributed by atoms with Crippen molar-refractivity contribution in [3.05, 3.63) is 0 Å². The van der Waals surface area contributed by atoms with Crippen molar-refractivity contribution in [3.8, 4) is 0 Å². The van der Waals surface area contributed by atoms with Crippen LogP contribution in [0.15, 0.2) is 0 Å². The van der Waals surface area contributed by atoms with Crippen molar-refractivity contribution in [2.75, 3.05) is 0 Å². The molecule has 1 atom stereocenters. The van der Waals surface area contributed by atoms with Crippen LogP contribution in [0.4, 0.5) is 0 Å². The van der Waals surface area contributed by atoms with E-state index in [-0.39, 0.29) is 17.5 Å². The Morgan fingerprint density at radius 1 is 1.31 bits per heavy atom. The van der Waals surface area contributed by atoms with Crippen molar-refractivity contribution in [1.82, 2.24) is 0 Å². The van der Waals surface area contributed by atoms with Crippen LogP contribution in [-0.4, -0.2) is 12.1 Å². The van der Waals surface area contributed by atoms with E-state index in [0.717, 1.165) is 38.0 Å². The predicted octanol–water partition coefficient (Wildman–Crippen LogP) is 3.69. The summed E-state index contributed by atoms with van der Waals surface area (Å²) >= 11 is 0. The molecule has 0 aromatic heterocycles. The minimum Gasteiger partial charge on any atom is -0.462 e. The molecule has 92 valence electrons. The Labute approximate surface area is 98.7 Å². The minimum absolute atomic E-state index is 0.0866. The first-order chi connectivity index (χ1) is 7.66. The molecular weight excluding hydrogens is 200 g/mol. The van der Waals surface area contributed by atoms with Crippen LogP contribution in [-0.2, 0) is 9.53 Å². The zero-order valence-corrected chi connectivity index (χ0v) is 10.6. The molecule has 0 N–H and O–H groups in total. The fourth-order valence-corrected chi connectivity index (χ4v) is 3.33. The number of hydrogen-bond acceptors (Lipinski definition) is 2. The van der Waals surface area contributed by atoms with E-state index < -0.39 is 0 Å². The molecule has 3 aliphatic carbocycles. The molecule has 0 aromatic rings. The molecule has 2 nitrogen and oxygen atoms in total. The average molecular weight is 224 g/mol. The number of rotatable bonds is 4. The molecule has 16 heavy (non-hydrogen) atoms. The van der Waals surface area contributed by atoms with Gasteiger partial charge in [0.05, 0.1) is 11.5 Å². The molecule has 0 aromatic carbocycles. The van der Waals surface area contributed by atoms with Crippen molar-refractivity contribution in [1.29, 1.82) is 0 Å². The number of fused-ring (bicyclic) bond motifs is 3. The van der Waals surface area contributed by atoms with E-state index >= 15 is 0 Å². The molecule has 3 saturated carbocycles. The van der Waals surface area contributed by atoms with Gasteiger partial charge in [0.25, 0.3) is 0 Å². The lowest BCUT2D eigenvalue weighted by molar-refractivity contribution is -0.167. The van der Waals surface area contributed by atoms with Gasteiger partial charge in [0.1, 0.15) is 0 Å². The first-order valence-electron chi connectivity index (χ1n) is 6.87. The number of carbonyl (C=O) groups is 1. The number of ether oxygens (including phenoxy) is 1. The van der Waals surface area contributed by atoms with Gasteiger partial charge in [-0.2, -0.15) is 0 Å². The maximum atomic E-state index is 12.2. The third kappa shape index (κ3) is 2.26. The van der Waals surface area contributed by atoms with E-state index in [4.69, 9.17) is 4.74 Å². The summed E-state index contributed by atoms with van der Waals surface area (Å²) in [5.74, 6) is 1.01. The van der Waals surface area contributed by atoms with Gasteiger partial charge in [0.2, 0.25) is 0 Å². The molecule has 0 radical (unpaired) electrons. The summed E-state index contributed by atoms with van der Waals surface area (Å²) < 4.78 is 5.61. The maximum Gasteiger partial charge on any atom is 0.312 e. The number of hydrogen-bond donors (Lipinski definition) is 0. The van der Waals surface area contributed by atoms with Crippen LogP contribution >= 0.6 is 0 Å². The molecule has 0 heterocycles. The number of esters is 1. The van der Waals surface area contributed by atoms with Crippen molar-refractivity contribution in [2.45, 2.75) is 71.3 Å². The van der Waals surface area contributed by atoms with Gasteiger partial charge in [-0.05, 0) is 57.8 Å². The summed E-state index contributed by atoms with van der Waals surface area (Å²) in [6.07, 6.45) is 9.16. The second-order valence-corrected chi connectivity index (χ2v) is 5.77. The van der Waals surface area contributed by atoms with Gasteiger partial charge in [-0.3, -0.25) is 4.79 Å². The van der Waals surface area contributed by atoms with Crippen LogP contribution in [0.25, 0.3) is 0 Å². The van der Waals surface area contributed by atoms with E-state index in [0.29, 0.717) is 0 Å². The van der Waals surface area contributed by atoms with Gasteiger partial charge < -0.3 is 4.74 Å². The molecule has 0 saturated heterocycles. The smallest absolute Gasteiger partial charge is 0.312 e. The van der Waals surface area contributed by atoms with E-state index in [2.05, 4.69) is 6.92 Å². The summed E-state index contributed by atoms with van der Waals surface area (Å²) in [7, 11) is 0. The van der Waals surface area contributed by atoms with Crippen molar-refractivity contribution < 1.29 is 9.53 Å². The van der Waals surface area contributed by atoms with Gasteiger partial charge in [-0.1, -0.05) is 13.3 Å². The van der Waals surface area contributed by atoms with Crippen molar-refractivity contribution in [3.63, 3.8) is 0 Å². The summed E-state index contributed by atoms with van der Waals surface area (Å²) in [4.78, 5) is 12.2. The topological polar surface area (TPSA) is 26.3 Å². The van der Waals surface area contributed by atoms with E-state index in [1.807, 2.05) is 6.92 Å². The molecule has 3 rings (SSSR count). The fourth-order valence-electron chi connectivity index (χ4n) is 3.33. The van der Waals surface area contributed by atoms with Crippen LogP contribution in [0.2, 0.25) is 0 Å². The summed E-state index contributed by atoms with van der Waals surface area (Å²) in [5, 5.41) is 0. The molecule has 1 unspecified atom stereocenters. The molecule has 3 aliphatic rings. The first kappa shape index (κ1) is 11.9. The fraction of sp³-hybridized carbons (Fsp3) is 0.929. The standard InChI is InChI=1S/C14H24O2/c1-3-4-11(2)16-13(15)14-8-5-12(6-9-14)7-10-14/h11-12H,3-10H2,1-2H3. The van der Waals surface area contributed by atoms with E-state index in [9.17, 15) is 4.79 Å². The van der Waals surface area contributed by atoms with Crippen LogP contribution in [0.3, 0.4) is 0 Å². The maximum absolute atomic E-state index is 12.2. The van der Waals surface area contributed by atoms with Crippen LogP contribution in [0, 0.1) is 11.3 Å². The molecule has 3 fully saturated rings. The van der Waals surface area contributed by atoms with E-state index in [1.165, 1.54) is 19.3 Å². The molecule has 0 spiro atoms. The lowest BCUT2D eigenvalue weighted by Crippen LogP contribution is -2.42. The predicted molar refractivity (Wildman–Crippen MR) is 64.1 cm³/mol. The lowest BCUT2D eigenvalue weighted by atomic mass is 9.61. The first-order valence-corrected chi connectivity index (χ1v) is 6.87. The molecule has 0 amide bonds. The Balaban J connectivity index is 1.92. The minimum atomic E-state index is -0.0866. The third-order valence-electron chi connectivity index (χ3n) is 4.53. The Kier molecular flexibility index (Phi) is 3.56. The Morgan fingerprint density at radius 3 is 2.38 bits per heavy atom. The SMILES string of the molecule is CCCC(C)OC(=O)C12CCC(CC1)CC2. The van der Waals surface area contributed by atoms with Gasteiger partial charge in [-0.25, -0.2) is 0 Å². The molecule has 2 bridgehead atoms. The summed E-state index contributed by atoms with van der Waals surface area (Å²) in [6, 6.07) is 0. The van der Waals surface area contributed by atoms with Gasteiger partial charge in [-0.15, -0.1) is 0 Å². The Morgan fingerprint density at radius 2 is 1.88 bits per heavy atom. The van der Waals surface area contributed by atoms with E-state index in [1.54, 1.807) is 0 Å². The van der Waals surface area contributed by atoms with Crippen LogP contribution < -0.4 is 0 Å². The third-order valence-corrected chi connectivity index (χ3v) is 4.53. The highest BCUT2D eigenvalue weighted by Crippen LogP contribution is 2.51. The molecule has 0 aliphatic heterocycles. The van der Waals surface area contributed by atoms with Crippen molar-refractivity contribution in [2.24, 2.45) is 11.3 Å². The second-order valence-electron chi connectivity index (χ2n) is 5.77. The normalized spacial score (nSPS) is 34.8.